The Morgan fingerprint density at radius 3 is 3.14 bits per heavy atom. The fourth-order valence-corrected chi connectivity index (χ4v) is 5.12. The summed E-state index contributed by atoms with van der Waals surface area (Å²) in [6.07, 6.45) is 4.12. The van der Waals surface area contributed by atoms with E-state index in [1.165, 1.54) is 5.56 Å². The number of rotatable bonds is 0. The van der Waals surface area contributed by atoms with Gasteiger partial charge in [-0.3, -0.25) is 0 Å². The van der Waals surface area contributed by atoms with Gasteiger partial charge in [-0.05, 0) is 48.4 Å². The molecule has 0 radical (unpaired) electrons. The third-order valence-electron chi connectivity index (χ3n) is 5.46. The van der Waals surface area contributed by atoms with Gasteiger partial charge in [0.25, 0.3) is 0 Å². The normalized spacial score (nSPS) is 32.0. The van der Waals surface area contributed by atoms with Crippen molar-refractivity contribution in [3.63, 3.8) is 0 Å². The van der Waals surface area contributed by atoms with Gasteiger partial charge >= 0.3 is 0 Å². The van der Waals surface area contributed by atoms with E-state index in [2.05, 4.69) is 26.6 Å². The average molecular weight is 301 g/mol. The number of benzene rings is 1. The van der Waals surface area contributed by atoms with E-state index in [-0.39, 0.29) is 11.3 Å². The van der Waals surface area contributed by atoms with Crippen molar-refractivity contribution >= 4 is 33.9 Å². The molecule has 2 bridgehead atoms. The Kier molecular flexibility index (Phi) is 2.04. The molecule has 2 atom stereocenters. The number of fused-ring (bicyclic) bond motifs is 5. The number of halogens is 1. The Labute approximate surface area is 125 Å². The number of allylic oxidation sites excluding steroid dienone is 2. The van der Waals surface area contributed by atoms with Gasteiger partial charge in [-0.2, -0.15) is 15.4 Å². The van der Waals surface area contributed by atoms with Crippen molar-refractivity contribution in [2.45, 2.75) is 25.7 Å². The SMILES string of the molecule is O/N=C1\C(Cl)=C2c3ccc4n[nH]nc4c3C[C@@]23CC[C@@H]1C3. The molecule has 6 heteroatoms. The molecule has 1 heterocycles. The lowest BCUT2D eigenvalue weighted by Gasteiger charge is -2.31. The molecule has 2 N–H and O–H groups in total. The van der Waals surface area contributed by atoms with Crippen LogP contribution in [-0.2, 0) is 6.42 Å². The summed E-state index contributed by atoms with van der Waals surface area (Å²) in [5, 5.41) is 24.6. The maximum absolute atomic E-state index is 9.33. The zero-order chi connectivity index (χ0) is 14.2. The molecule has 0 aliphatic heterocycles. The lowest BCUT2D eigenvalue weighted by Crippen LogP contribution is -2.26. The fraction of sp³-hybridized carbons (Fsp3) is 0.400. The zero-order valence-electron chi connectivity index (χ0n) is 11.2. The van der Waals surface area contributed by atoms with E-state index in [4.69, 9.17) is 11.6 Å². The summed E-state index contributed by atoms with van der Waals surface area (Å²) in [6.45, 7) is 0. The van der Waals surface area contributed by atoms with Crippen LogP contribution in [0.3, 0.4) is 0 Å². The van der Waals surface area contributed by atoms with Crippen molar-refractivity contribution in [1.82, 2.24) is 15.4 Å². The minimum absolute atomic E-state index is 0.103. The van der Waals surface area contributed by atoms with Gasteiger partial charge in [0.05, 0.1) is 5.03 Å². The fourth-order valence-electron chi connectivity index (χ4n) is 4.62. The van der Waals surface area contributed by atoms with Crippen molar-refractivity contribution in [3.05, 3.63) is 28.3 Å². The first kappa shape index (κ1) is 11.7. The first-order valence-electron chi connectivity index (χ1n) is 7.19. The van der Waals surface area contributed by atoms with Crippen LogP contribution in [0.1, 0.15) is 30.4 Å². The molecule has 3 aliphatic carbocycles. The van der Waals surface area contributed by atoms with Crippen LogP contribution in [0, 0.1) is 11.3 Å². The van der Waals surface area contributed by atoms with Crippen LogP contribution in [0.15, 0.2) is 22.3 Å². The molecule has 1 fully saturated rings. The summed E-state index contributed by atoms with van der Waals surface area (Å²) in [5.41, 5.74) is 6.15. The van der Waals surface area contributed by atoms with Crippen LogP contribution < -0.4 is 0 Å². The Hall–Kier alpha value is -1.88. The molecule has 1 aromatic carbocycles. The number of oxime groups is 1. The van der Waals surface area contributed by atoms with Crippen molar-refractivity contribution in [3.8, 4) is 0 Å². The van der Waals surface area contributed by atoms with E-state index in [0.29, 0.717) is 10.7 Å². The maximum atomic E-state index is 9.33. The van der Waals surface area contributed by atoms with Gasteiger partial charge in [0.15, 0.2) is 0 Å². The van der Waals surface area contributed by atoms with E-state index in [0.717, 1.165) is 47.9 Å². The molecule has 5 nitrogen and oxygen atoms in total. The van der Waals surface area contributed by atoms with Gasteiger partial charge in [0.2, 0.25) is 0 Å². The van der Waals surface area contributed by atoms with Crippen molar-refractivity contribution in [2.75, 3.05) is 0 Å². The second-order valence-corrected chi connectivity index (χ2v) is 6.73. The van der Waals surface area contributed by atoms with Gasteiger partial charge < -0.3 is 5.21 Å². The van der Waals surface area contributed by atoms with Crippen LogP contribution in [0.4, 0.5) is 0 Å². The Morgan fingerprint density at radius 2 is 2.29 bits per heavy atom. The second-order valence-electron chi connectivity index (χ2n) is 6.35. The molecule has 1 saturated carbocycles. The van der Waals surface area contributed by atoms with Gasteiger partial charge in [-0.15, -0.1) is 0 Å². The smallest absolute Gasteiger partial charge is 0.116 e. The average Bonchev–Trinajstić information content (AvgIpc) is 3.15. The number of nitrogens with zero attached hydrogens (tertiary/aromatic N) is 3. The third kappa shape index (κ3) is 1.26. The second kappa shape index (κ2) is 3.65. The molecule has 21 heavy (non-hydrogen) atoms. The molecule has 5 rings (SSSR count). The van der Waals surface area contributed by atoms with Gasteiger partial charge in [0, 0.05) is 11.3 Å². The minimum Gasteiger partial charge on any atom is -0.411 e. The summed E-state index contributed by atoms with van der Waals surface area (Å²) in [7, 11) is 0. The van der Waals surface area contributed by atoms with Crippen molar-refractivity contribution < 1.29 is 5.21 Å². The summed E-state index contributed by atoms with van der Waals surface area (Å²) in [5.74, 6) is 0.286. The van der Waals surface area contributed by atoms with Crippen LogP contribution in [0.2, 0.25) is 0 Å². The highest BCUT2D eigenvalue weighted by Gasteiger charge is 2.54. The highest BCUT2D eigenvalue weighted by molar-refractivity contribution is 6.47. The van der Waals surface area contributed by atoms with E-state index >= 15 is 0 Å². The molecule has 1 aromatic heterocycles. The van der Waals surface area contributed by atoms with Crippen molar-refractivity contribution in [1.29, 1.82) is 0 Å². The number of H-pyrrole nitrogens is 1. The van der Waals surface area contributed by atoms with Crippen LogP contribution in [0.5, 0.6) is 0 Å². The van der Waals surface area contributed by atoms with Gasteiger partial charge in [-0.25, -0.2) is 0 Å². The molecule has 0 saturated heterocycles. The lowest BCUT2D eigenvalue weighted by atomic mass is 9.74. The molecule has 1 spiro atoms. The number of hydrogen-bond acceptors (Lipinski definition) is 4. The minimum atomic E-state index is 0.103. The van der Waals surface area contributed by atoms with Crippen molar-refractivity contribution in [2.24, 2.45) is 16.5 Å². The molecular weight excluding hydrogens is 288 g/mol. The number of aromatic nitrogens is 3. The largest absolute Gasteiger partial charge is 0.411 e. The number of hydrogen-bond donors (Lipinski definition) is 2. The van der Waals surface area contributed by atoms with E-state index in [1.54, 1.807) is 0 Å². The van der Waals surface area contributed by atoms with Gasteiger partial charge in [-0.1, -0.05) is 22.8 Å². The molecular formula is C15H13ClN4O. The Bertz CT molecular complexity index is 852. The van der Waals surface area contributed by atoms with Crippen LogP contribution in [0.25, 0.3) is 16.6 Å². The van der Waals surface area contributed by atoms with Gasteiger partial charge in [0.1, 0.15) is 16.7 Å². The molecule has 3 aliphatic rings. The number of nitrogens with one attached hydrogen (secondary N) is 1. The quantitative estimate of drug-likeness (QED) is 0.580. The lowest BCUT2D eigenvalue weighted by molar-refractivity contribution is 0.313. The Balaban J connectivity index is 1.87. The highest BCUT2D eigenvalue weighted by atomic mass is 35.5. The molecule has 2 aromatic rings. The summed E-state index contributed by atoms with van der Waals surface area (Å²) < 4.78 is 0. The first-order valence-corrected chi connectivity index (χ1v) is 7.57. The molecule has 106 valence electrons. The maximum Gasteiger partial charge on any atom is 0.116 e. The Morgan fingerprint density at radius 1 is 1.38 bits per heavy atom. The highest BCUT2D eigenvalue weighted by Crippen LogP contribution is 2.63. The first-order chi connectivity index (χ1) is 10.2. The topological polar surface area (TPSA) is 74.2 Å². The third-order valence-corrected chi connectivity index (χ3v) is 5.84. The molecule has 0 amide bonds. The standard InChI is InChI=1S/C15H13ClN4O/c16-12-11-8-1-2-10-14(18-20-17-10)9(8)6-15(11)4-3-7(5-15)13(12)19-21/h1-2,7,21H,3-6H2,(H,17,18,20)/b19-13-/t7-,15+/m1/s1. The summed E-state index contributed by atoms with van der Waals surface area (Å²) in [4.78, 5) is 0. The van der Waals surface area contributed by atoms with Crippen LogP contribution in [-0.4, -0.2) is 26.3 Å². The predicted molar refractivity (Wildman–Crippen MR) is 79.4 cm³/mol. The summed E-state index contributed by atoms with van der Waals surface area (Å²) in [6, 6.07) is 4.06. The monoisotopic (exact) mass is 300 g/mol. The van der Waals surface area contributed by atoms with E-state index in [9.17, 15) is 5.21 Å². The molecule has 0 unspecified atom stereocenters. The zero-order valence-corrected chi connectivity index (χ0v) is 12.0. The summed E-state index contributed by atoms with van der Waals surface area (Å²) >= 11 is 6.61. The van der Waals surface area contributed by atoms with Crippen LogP contribution >= 0.6 is 11.6 Å². The number of aromatic amines is 1. The van der Waals surface area contributed by atoms with E-state index in [1.807, 2.05) is 6.07 Å². The van der Waals surface area contributed by atoms with E-state index < -0.39 is 0 Å². The predicted octanol–water partition coefficient (Wildman–Crippen LogP) is 3.09.